The maximum atomic E-state index is 5.37. The van der Waals surface area contributed by atoms with E-state index in [-0.39, 0.29) is 6.04 Å². The Morgan fingerprint density at radius 3 is 1.83 bits per heavy atom. The molecule has 0 aliphatic carbocycles. The van der Waals surface area contributed by atoms with Gasteiger partial charge in [-0.25, -0.2) is 4.98 Å². The number of para-hydroxylation sites is 2. The standard InChI is InChI=1S/C36H26N6/c1-22(2)40-30-15-14-26-25-16-18-37-20-31(25)42(36(26)35(30)27-17-19-38-21-32(27)40)34-13-7-12-33(39-34)41-28-10-5-3-8-23(28)24-9-4-6-11-29(24)41/h3-22H,1-2H3. The Balaban J connectivity index is 1.42. The lowest BCUT2D eigenvalue weighted by Crippen LogP contribution is -2.03. The maximum absolute atomic E-state index is 5.37. The topological polar surface area (TPSA) is 53.5 Å². The molecule has 6 heterocycles. The highest BCUT2D eigenvalue weighted by Crippen LogP contribution is 2.41. The molecule has 9 aromatic rings. The summed E-state index contributed by atoms with van der Waals surface area (Å²) in [6.45, 7) is 4.46. The molecule has 6 nitrogen and oxygen atoms in total. The zero-order valence-electron chi connectivity index (χ0n) is 23.2. The average Bonchev–Trinajstić information content (AvgIpc) is 3.67. The zero-order chi connectivity index (χ0) is 27.9. The van der Waals surface area contributed by atoms with Gasteiger partial charge in [0.2, 0.25) is 0 Å². The molecule has 0 fully saturated rings. The number of aromatic nitrogens is 6. The predicted molar refractivity (Wildman–Crippen MR) is 172 cm³/mol. The van der Waals surface area contributed by atoms with Crippen molar-refractivity contribution in [1.82, 2.24) is 28.7 Å². The average molecular weight is 543 g/mol. The van der Waals surface area contributed by atoms with Crippen molar-refractivity contribution >= 4 is 65.4 Å². The first-order chi connectivity index (χ1) is 20.7. The van der Waals surface area contributed by atoms with Crippen LogP contribution < -0.4 is 0 Å². The summed E-state index contributed by atoms with van der Waals surface area (Å²) in [4.78, 5) is 14.4. The summed E-state index contributed by atoms with van der Waals surface area (Å²) in [5, 5.41) is 7.18. The molecular formula is C36H26N6. The van der Waals surface area contributed by atoms with Gasteiger partial charge in [0, 0.05) is 50.8 Å². The highest BCUT2D eigenvalue weighted by molar-refractivity contribution is 6.25. The number of hydrogen-bond donors (Lipinski definition) is 0. The minimum atomic E-state index is 0.280. The quantitative estimate of drug-likeness (QED) is 0.224. The van der Waals surface area contributed by atoms with Crippen molar-refractivity contribution in [3.63, 3.8) is 0 Å². The van der Waals surface area contributed by atoms with Gasteiger partial charge in [0.25, 0.3) is 0 Å². The number of benzene rings is 3. The third kappa shape index (κ3) is 3.01. The highest BCUT2D eigenvalue weighted by Gasteiger charge is 2.22. The largest absolute Gasteiger partial charge is 0.337 e. The molecule has 6 heteroatoms. The molecular weight excluding hydrogens is 516 g/mol. The highest BCUT2D eigenvalue weighted by atomic mass is 15.1. The minimum absolute atomic E-state index is 0.280. The van der Waals surface area contributed by atoms with Crippen LogP contribution in [-0.4, -0.2) is 28.7 Å². The molecule has 0 aliphatic heterocycles. The van der Waals surface area contributed by atoms with Crippen molar-refractivity contribution in [2.45, 2.75) is 19.9 Å². The second-order valence-corrected chi connectivity index (χ2v) is 11.2. The van der Waals surface area contributed by atoms with Crippen LogP contribution in [0.4, 0.5) is 0 Å². The van der Waals surface area contributed by atoms with Crippen molar-refractivity contribution < 1.29 is 0 Å². The van der Waals surface area contributed by atoms with Gasteiger partial charge in [-0.3, -0.25) is 19.1 Å². The van der Waals surface area contributed by atoms with Crippen molar-refractivity contribution in [2.24, 2.45) is 0 Å². The molecule has 0 aliphatic rings. The fraction of sp³-hybridized carbons (Fsp3) is 0.0833. The number of rotatable bonds is 3. The molecule has 6 aromatic heterocycles. The first-order valence-electron chi connectivity index (χ1n) is 14.3. The van der Waals surface area contributed by atoms with Gasteiger partial charge in [-0.15, -0.1) is 0 Å². The van der Waals surface area contributed by atoms with E-state index < -0.39 is 0 Å². The number of pyridine rings is 3. The van der Waals surface area contributed by atoms with Gasteiger partial charge < -0.3 is 4.57 Å². The fourth-order valence-electron chi connectivity index (χ4n) is 6.95. The van der Waals surface area contributed by atoms with Crippen LogP contribution >= 0.6 is 0 Å². The summed E-state index contributed by atoms with van der Waals surface area (Å²) in [7, 11) is 0. The molecule has 42 heavy (non-hydrogen) atoms. The monoisotopic (exact) mass is 542 g/mol. The van der Waals surface area contributed by atoms with Crippen LogP contribution in [0.15, 0.2) is 116 Å². The Morgan fingerprint density at radius 2 is 1.12 bits per heavy atom. The SMILES string of the molecule is CC(C)n1c2cnccc2c2c3c(ccc21)c1ccncc1n3-c1cccc(-n2c3ccccc3c3ccccc32)n1. The zero-order valence-corrected chi connectivity index (χ0v) is 23.2. The molecule has 0 spiro atoms. The lowest BCUT2D eigenvalue weighted by atomic mass is 10.1. The molecule has 9 rings (SSSR count). The molecule has 0 saturated heterocycles. The molecule has 0 bridgehead atoms. The van der Waals surface area contributed by atoms with E-state index >= 15 is 0 Å². The molecule has 0 unspecified atom stereocenters. The lowest BCUT2D eigenvalue weighted by molar-refractivity contribution is 0.641. The second kappa shape index (κ2) is 8.51. The minimum Gasteiger partial charge on any atom is -0.337 e. The second-order valence-electron chi connectivity index (χ2n) is 11.2. The van der Waals surface area contributed by atoms with Gasteiger partial charge >= 0.3 is 0 Å². The van der Waals surface area contributed by atoms with E-state index in [9.17, 15) is 0 Å². The Hall–Kier alpha value is -5.49. The van der Waals surface area contributed by atoms with Crippen LogP contribution in [0.25, 0.3) is 77.1 Å². The predicted octanol–water partition coefficient (Wildman–Crippen LogP) is 8.75. The first kappa shape index (κ1) is 23.2. The van der Waals surface area contributed by atoms with Crippen LogP contribution in [0, 0.1) is 0 Å². The van der Waals surface area contributed by atoms with Crippen molar-refractivity contribution in [3.05, 3.63) is 116 Å². The number of hydrogen-bond acceptors (Lipinski definition) is 3. The maximum Gasteiger partial charge on any atom is 0.140 e. The van der Waals surface area contributed by atoms with Gasteiger partial charge in [0.15, 0.2) is 0 Å². The fourth-order valence-corrected chi connectivity index (χ4v) is 6.95. The third-order valence-corrected chi connectivity index (χ3v) is 8.57. The Labute approximate surface area is 241 Å². The van der Waals surface area contributed by atoms with Crippen LogP contribution in [0.3, 0.4) is 0 Å². The Bertz CT molecular complexity index is 2460. The van der Waals surface area contributed by atoms with E-state index in [0.29, 0.717) is 0 Å². The molecule has 3 aromatic carbocycles. The lowest BCUT2D eigenvalue weighted by Gasteiger charge is -2.13. The Kier molecular flexibility index (Phi) is 4.71. The van der Waals surface area contributed by atoms with Gasteiger partial charge in [-0.2, -0.15) is 0 Å². The van der Waals surface area contributed by atoms with E-state index in [1.165, 1.54) is 32.4 Å². The molecule has 0 N–H and O–H groups in total. The Morgan fingerprint density at radius 1 is 0.500 bits per heavy atom. The summed E-state index contributed by atoms with van der Waals surface area (Å²) in [5.41, 5.74) is 6.78. The van der Waals surface area contributed by atoms with Crippen LogP contribution in [0.2, 0.25) is 0 Å². The summed E-state index contributed by atoms with van der Waals surface area (Å²) in [6.07, 6.45) is 7.70. The normalized spacial score (nSPS) is 12.3. The van der Waals surface area contributed by atoms with E-state index in [1.807, 2.05) is 24.8 Å². The summed E-state index contributed by atoms with van der Waals surface area (Å²) in [5.74, 6) is 1.74. The van der Waals surface area contributed by atoms with Crippen molar-refractivity contribution in [3.8, 4) is 11.6 Å². The van der Waals surface area contributed by atoms with Gasteiger partial charge in [-0.05, 0) is 56.3 Å². The van der Waals surface area contributed by atoms with Crippen LogP contribution in [0.1, 0.15) is 19.9 Å². The van der Waals surface area contributed by atoms with E-state index in [0.717, 1.165) is 44.6 Å². The smallest absolute Gasteiger partial charge is 0.140 e. The summed E-state index contributed by atoms with van der Waals surface area (Å²) >= 11 is 0. The third-order valence-electron chi connectivity index (χ3n) is 8.57. The van der Waals surface area contributed by atoms with Crippen LogP contribution in [-0.2, 0) is 0 Å². The number of fused-ring (bicyclic) bond motifs is 10. The van der Waals surface area contributed by atoms with Crippen molar-refractivity contribution in [2.75, 3.05) is 0 Å². The molecule has 200 valence electrons. The van der Waals surface area contributed by atoms with E-state index in [4.69, 9.17) is 4.98 Å². The molecule has 0 amide bonds. The number of nitrogens with zero attached hydrogens (tertiary/aromatic N) is 6. The van der Waals surface area contributed by atoms with Gasteiger partial charge in [0.1, 0.15) is 11.6 Å². The van der Waals surface area contributed by atoms with Crippen LogP contribution in [0.5, 0.6) is 0 Å². The molecule has 0 atom stereocenters. The molecule has 0 radical (unpaired) electrons. The van der Waals surface area contributed by atoms with Gasteiger partial charge in [-0.1, -0.05) is 48.5 Å². The van der Waals surface area contributed by atoms with E-state index in [2.05, 4.69) is 129 Å². The van der Waals surface area contributed by atoms with E-state index in [1.54, 1.807) is 0 Å². The van der Waals surface area contributed by atoms with Crippen molar-refractivity contribution in [1.29, 1.82) is 0 Å². The van der Waals surface area contributed by atoms with Gasteiger partial charge in [0.05, 0.1) is 45.5 Å². The first-order valence-corrected chi connectivity index (χ1v) is 14.3. The summed E-state index contributed by atoms with van der Waals surface area (Å²) in [6, 6.07) is 32.4. The molecule has 0 saturated carbocycles. The summed E-state index contributed by atoms with van der Waals surface area (Å²) < 4.78 is 6.95.